The molecule has 5 heteroatoms. The van der Waals surface area contributed by atoms with E-state index in [1.165, 1.54) is 11.8 Å². The minimum Gasteiger partial charge on any atom is -0.475 e. The zero-order chi connectivity index (χ0) is 14.0. The second-order valence-electron chi connectivity index (χ2n) is 4.56. The summed E-state index contributed by atoms with van der Waals surface area (Å²) in [4.78, 5) is 28.6. The first-order valence-corrected chi connectivity index (χ1v) is 5.92. The van der Waals surface area contributed by atoms with Crippen LogP contribution in [0.25, 0.3) is 11.4 Å². The van der Waals surface area contributed by atoms with E-state index in [1.807, 2.05) is 24.3 Å². The number of H-pyrrole nitrogens is 1. The molecule has 1 aromatic heterocycles. The van der Waals surface area contributed by atoms with Gasteiger partial charge in [0.25, 0.3) is 5.78 Å². The van der Waals surface area contributed by atoms with Crippen LogP contribution in [-0.2, 0) is 4.79 Å². The molecule has 0 fully saturated rings. The second kappa shape index (κ2) is 5.06. The summed E-state index contributed by atoms with van der Waals surface area (Å²) in [6.45, 7) is 4.21. The van der Waals surface area contributed by atoms with Crippen molar-refractivity contribution >= 4 is 11.8 Å². The average molecular weight is 258 g/mol. The maximum absolute atomic E-state index is 11.3. The normalized spacial score (nSPS) is 10.7. The molecular formula is C14H14N2O3. The highest BCUT2D eigenvalue weighted by atomic mass is 16.4. The number of nitrogens with one attached hydrogen (secondary N) is 1. The Balaban J connectivity index is 2.28. The summed E-state index contributed by atoms with van der Waals surface area (Å²) in [5, 5.41) is 8.62. The number of carbonyl (C=O) groups is 2. The molecule has 0 aliphatic carbocycles. The second-order valence-corrected chi connectivity index (χ2v) is 4.56. The Hall–Kier alpha value is -2.43. The van der Waals surface area contributed by atoms with Crippen LogP contribution in [0.15, 0.2) is 30.5 Å². The molecule has 0 aliphatic rings. The third-order valence-corrected chi connectivity index (χ3v) is 2.87. The molecule has 0 saturated heterocycles. The number of aliphatic carboxylic acids is 1. The molecule has 1 heterocycles. The summed E-state index contributed by atoms with van der Waals surface area (Å²) >= 11 is 0. The van der Waals surface area contributed by atoms with E-state index in [1.54, 1.807) is 0 Å². The van der Waals surface area contributed by atoms with E-state index in [-0.39, 0.29) is 5.69 Å². The molecule has 5 nitrogen and oxygen atoms in total. The molecule has 2 rings (SSSR count). The smallest absolute Gasteiger partial charge is 0.378 e. The van der Waals surface area contributed by atoms with Crippen LogP contribution < -0.4 is 0 Å². The molecule has 2 N–H and O–H groups in total. The Kier molecular flexibility index (Phi) is 3.46. The Morgan fingerprint density at radius 3 is 2.37 bits per heavy atom. The fourth-order valence-corrected chi connectivity index (χ4v) is 1.72. The number of carboxylic acid groups (broad SMARTS) is 1. The van der Waals surface area contributed by atoms with Gasteiger partial charge >= 0.3 is 5.97 Å². The summed E-state index contributed by atoms with van der Waals surface area (Å²) < 4.78 is 0. The maximum atomic E-state index is 11.3. The molecule has 0 radical (unpaired) electrons. The monoisotopic (exact) mass is 258 g/mol. The lowest BCUT2D eigenvalue weighted by Crippen LogP contribution is -2.12. The van der Waals surface area contributed by atoms with Crippen LogP contribution in [0.3, 0.4) is 0 Å². The molecule has 0 bridgehead atoms. The van der Waals surface area contributed by atoms with Crippen molar-refractivity contribution in [3.63, 3.8) is 0 Å². The van der Waals surface area contributed by atoms with Gasteiger partial charge in [-0.1, -0.05) is 38.1 Å². The zero-order valence-corrected chi connectivity index (χ0v) is 10.7. The molecule has 98 valence electrons. The standard InChI is InChI=1S/C14H14N2O3/c1-8(2)9-3-5-10(6-4-9)13-15-7-11(16-13)12(17)14(18)19/h3-8H,1-2H3,(H,15,16)(H,18,19). The SMILES string of the molecule is CC(C)c1ccc(-c2ncc(C(=O)C(=O)O)[nH]2)cc1. The molecule has 0 spiro atoms. The highest BCUT2D eigenvalue weighted by molar-refractivity contribution is 6.39. The number of nitrogens with zero attached hydrogens (tertiary/aromatic N) is 1. The van der Waals surface area contributed by atoms with Gasteiger partial charge in [-0.2, -0.15) is 0 Å². The van der Waals surface area contributed by atoms with Crippen molar-refractivity contribution in [3.8, 4) is 11.4 Å². The summed E-state index contributed by atoms with van der Waals surface area (Å²) in [7, 11) is 0. The molecule has 0 amide bonds. The van der Waals surface area contributed by atoms with Crippen molar-refractivity contribution in [3.05, 3.63) is 41.7 Å². The van der Waals surface area contributed by atoms with Crippen LogP contribution in [0.4, 0.5) is 0 Å². The van der Waals surface area contributed by atoms with Gasteiger partial charge in [0, 0.05) is 5.56 Å². The summed E-state index contributed by atoms with van der Waals surface area (Å²) in [6, 6.07) is 7.76. The molecule has 19 heavy (non-hydrogen) atoms. The molecule has 0 saturated carbocycles. The quantitative estimate of drug-likeness (QED) is 0.651. The van der Waals surface area contributed by atoms with Crippen molar-refractivity contribution in [2.75, 3.05) is 0 Å². The molecule has 0 aliphatic heterocycles. The number of Topliss-reactive ketones (excluding diaryl/α,β-unsaturated/α-hetero) is 1. The van der Waals surface area contributed by atoms with Crippen LogP contribution in [0.1, 0.15) is 35.8 Å². The predicted octanol–water partition coefficient (Wildman–Crippen LogP) is 2.47. The molecule has 1 aromatic carbocycles. The largest absolute Gasteiger partial charge is 0.475 e. The lowest BCUT2D eigenvalue weighted by atomic mass is 10.0. The van der Waals surface area contributed by atoms with Crippen molar-refractivity contribution in [2.24, 2.45) is 0 Å². The minimum atomic E-state index is -1.50. The number of rotatable bonds is 4. The van der Waals surface area contributed by atoms with E-state index in [2.05, 4.69) is 23.8 Å². The van der Waals surface area contributed by atoms with Crippen molar-refractivity contribution in [1.29, 1.82) is 0 Å². The fraction of sp³-hybridized carbons (Fsp3) is 0.214. The molecule has 0 atom stereocenters. The first-order chi connectivity index (χ1) is 8.99. The number of benzene rings is 1. The maximum Gasteiger partial charge on any atom is 0.378 e. The number of carbonyl (C=O) groups excluding carboxylic acids is 1. The highest BCUT2D eigenvalue weighted by Crippen LogP contribution is 2.20. The lowest BCUT2D eigenvalue weighted by Gasteiger charge is -2.05. The van der Waals surface area contributed by atoms with Gasteiger partial charge in [0.15, 0.2) is 0 Å². The third kappa shape index (κ3) is 2.70. The summed E-state index contributed by atoms with van der Waals surface area (Å²) in [5.74, 6) is -1.56. The molecule has 0 unspecified atom stereocenters. The van der Waals surface area contributed by atoms with Gasteiger partial charge in [-0.3, -0.25) is 4.79 Å². The number of aromatic nitrogens is 2. The van der Waals surface area contributed by atoms with E-state index >= 15 is 0 Å². The van der Waals surface area contributed by atoms with Gasteiger partial charge in [0.05, 0.1) is 6.20 Å². The van der Waals surface area contributed by atoms with E-state index in [4.69, 9.17) is 5.11 Å². The molecule has 2 aromatic rings. The first kappa shape index (κ1) is 13.0. The van der Waals surface area contributed by atoms with Crippen LogP contribution in [0, 0.1) is 0 Å². The summed E-state index contributed by atoms with van der Waals surface area (Å²) in [6.07, 6.45) is 1.24. The number of aromatic amines is 1. The third-order valence-electron chi connectivity index (χ3n) is 2.87. The van der Waals surface area contributed by atoms with Crippen molar-refractivity contribution in [1.82, 2.24) is 9.97 Å². The van der Waals surface area contributed by atoms with Crippen molar-refractivity contribution < 1.29 is 14.7 Å². The van der Waals surface area contributed by atoms with E-state index < -0.39 is 11.8 Å². The minimum absolute atomic E-state index is 0.0181. The lowest BCUT2D eigenvalue weighted by molar-refractivity contribution is -0.131. The van der Waals surface area contributed by atoms with Crippen LogP contribution in [0.2, 0.25) is 0 Å². The van der Waals surface area contributed by atoms with Gasteiger partial charge in [-0.25, -0.2) is 9.78 Å². The Morgan fingerprint density at radius 2 is 1.84 bits per heavy atom. The number of imidazole rings is 1. The average Bonchev–Trinajstić information content (AvgIpc) is 2.87. The summed E-state index contributed by atoms with van der Waals surface area (Å²) in [5.41, 5.74) is 2.00. The number of ketones is 1. The fourth-order valence-electron chi connectivity index (χ4n) is 1.72. The Labute approximate surface area is 110 Å². The number of hydrogen-bond acceptors (Lipinski definition) is 3. The van der Waals surface area contributed by atoms with E-state index in [0.29, 0.717) is 11.7 Å². The van der Waals surface area contributed by atoms with Crippen LogP contribution in [0.5, 0.6) is 0 Å². The van der Waals surface area contributed by atoms with Crippen LogP contribution in [-0.4, -0.2) is 26.8 Å². The van der Waals surface area contributed by atoms with Gasteiger partial charge in [0.2, 0.25) is 0 Å². The Bertz CT molecular complexity index is 612. The first-order valence-electron chi connectivity index (χ1n) is 5.92. The highest BCUT2D eigenvalue weighted by Gasteiger charge is 2.17. The topological polar surface area (TPSA) is 83.1 Å². The van der Waals surface area contributed by atoms with Crippen LogP contribution >= 0.6 is 0 Å². The number of carboxylic acids is 1. The van der Waals surface area contributed by atoms with E-state index in [9.17, 15) is 9.59 Å². The zero-order valence-electron chi connectivity index (χ0n) is 10.7. The van der Waals surface area contributed by atoms with Gasteiger partial charge in [-0.15, -0.1) is 0 Å². The van der Waals surface area contributed by atoms with Gasteiger partial charge < -0.3 is 10.1 Å². The molecular weight excluding hydrogens is 244 g/mol. The Morgan fingerprint density at radius 1 is 1.21 bits per heavy atom. The van der Waals surface area contributed by atoms with Gasteiger partial charge in [0.1, 0.15) is 11.5 Å². The number of hydrogen-bond donors (Lipinski definition) is 2. The predicted molar refractivity (Wildman–Crippen MR) is 70.1 cm³/mol. The van der Waals surface area contributed by atoms with E-state index in [0.717, 1.165) is 5.56 Å². The van der Waals surface area contributed by atoms with Gasteiger partial charge in [-0.05, 0) is 11.5 Å². The van der Waals surface area contributed by atoms with Crippen molar-refractivity contribution in [2.45, 2.75) is 19.8 Å².